The third-order valence-corrected chi connectivity index (χ3v) is 5.01. The highest BCUT2D eigenvalue weighted by Crippen LogP contribution is 2.24. The fourth-order valence-electron chi connectivity index (χ4n) is 3.43. The lowest BCUT2D eigenvalue weighted by Crippen LogP contribution is -2.01. The maximum absolute atomic E-state index is 14.5. The number of hydrogen-bond acceptors (Lipinski definition) is 0. The van der Waals surface area contributed by atoms with Crippen molar-refractivity contribution in [3.63, 3.8) is 0 Å². The summed E-state index contributed by atoms with van der Waals surface area (Å²) in [6, 6.07) is 21.0. The van der Waals surface area contributed by atoms with E-state index in [1.165, 1.54) is 29.3 Å². The lowest BCUT2D eigenvalue weighted by molar-refractivity contribution is 0.573. The van der Waals surface area contributed by atoms with E-state index in [1.54, 1.807) is 6.08 Å². The first-order chi connectivity index (χ1) is 13.6. The van der Waals surface area contributed by atoms with Gasteiger partial charge in [0.1, 0.15) is 11.6 Å². The minimum absolute atomic E-state index is 0.00810. The molecule has 0 aromatic heterocycles. The highest BCUT2D eigenvalue weighted by atomic mass is 19.1. The van der Waals surface area contributed by atoms with E-state index in [0.717, 1.165) is 18.4 Å². The molecule has 144 valence electrons. The molecule has 0 aliphatic heterocycles. The molecule has 0 fully saturated rings. The zero-order valence-corrected chi connectivity index (χ0v) is 16.5. The second-order valence-corrected chi connectivity index (χ2v) is 7.31. The molecule has 28 heavy (non-hydrogen) atoms. The molecule has 3 aromatic rings. The lowest BCUT2D eigenvalue weighted by Gasteiger charge is -2.13. The first kappa shape index (κ1) is 20.0. The summed E-state index contributed by atoms with van der Waals surface area (Å²) in [5.74, 6) is -0.841. The van der Waals surface area contributed by atoms with E-state index < -0.39 is 11.6 Å². The molecule has 0 amide bonds. The molecular formula is C26H26F2. The smallest absolute Gasteiger partial charge is 0.133 e. The van der Waals surface area contributed by atoms with Gasteiger partial charge in [-0.15, -0.1) is 0 Å². The van der Waals surface area contributed by atoms with Gasteiger partial charge in [0.15, 0.2) is 0 Å². The number of aryl methyl sites for hydroxylation is 1. The Kier molecular flexibility index (Phi) is 6.76. The normalized spacial score (nSPS) is 12.4. The van der Waals surface area contributed by atoms with Crippen molar-refractivity contribution in [3.05, 3.63) is 106 Å². The molecule has 0 saturated carbocycles. The van der Waals surface area contributed by atoms with Crippen LogP contribution in [0.3, 0.4) is 0 Å². The Morgan fingerprint density at radius 3 is 2.07 bits per heavy atom. The Balaban J connectivity index is 1.74. The molecule has 0 bridgehead atoms. The molecule has 1 unspecified atom stereocenters. The van der Waals surface area contributed by atoms with Gasteiger partial charge in [-0.25, -0.2) is 8.78 Å². The summed E-state index contributed by atoms with van der Waals surface area (Å²) in [6.45, 7) is 4.21. The molecule has 0 nitrogen and oxygen atoms in total. The predicted octanol–water partition coefficient (Wildman–Crippen LogP) is 7.43. The molecule has 0 heterocycles. The van der Waals surface area contributed by atoms with Crippen LogP contribution in [0, 0.1) is 11.6 Å². The van der Waals surface area contributed by atoms with Crippen LogP contribution in [0.2, 0.25) is 0 Å². The van der Waals surface area contributed by atoms with Crippen LogP contribution in [-0.2, 0) is 12.8 Å². The molecule has 0 radical (unpaired) electrons. The van der Waals surface area contributed by atoms with Crippen molar-refractivity contribution < 1.29 is 8.78 Å². The lowest BCUT2D eigenvalue weighted by atomic mass is 9.93. The molecule has 0 spiro atoms. The summed E-state index contributed by atoms with van der Waals surface area (Å²) < 4.78 is 29.1. The second-order valence-electron chi connectivity index (χ2n) is 7.31. The number of rotatable bonds is 7. The van der Waals surface area contributed by atoms with Gasteiger partial charge >= 0.3 is 0 Å². The SMILES string of the molecule is CCCc1ccc(/C=C/c2c(F)cc(CC(C)c3ccccc3)cc2F)cc1. The zero-order valence-electron chi connectivity index (χ0n) is 16.5. The molecule has 0 N–H and O–H groups in total. The van der Waals surface area contributed by atoms with Crippen molar-refractivity contribution in [1.29, 1.82) is 0 Å². The Hall–Kier alpha value is -2.74. The van der Waals surface area contributed by atoms with Crippen LogP contribution in [0.15, 0.2) is 66.7 Å². The van der Waals surface area contributed by atoms with Gasteiger partial charge in [0.2, 0.25) is 0 Å². The first-order valence-corrected chi connectivity index (χ1v) is 9.86. The average molecular weight is 376 g/mol. The van der Waals surface area contributed by atoms with Crippen LogP contribution in [0.5, 0.6) is 0 Å². The minimum Gasteiger partial charge on any atom is -0.206 e. The summed E-state index contributed by atoms with van der Waals surface area (Å²) in [7, 11) is 0. The molecule has 3 aromatic carbocycles. The highest BCUT2D eigenvalue weighted by molar-refractivity contribution is 5.70. The van der Waals surface area contributed by atoms with Crippen molar-refractivity contribution in [3.8, 4) is 0 Å². The summed E-state index contributed by atoms with van der Waals surface area (Å²) >= 11 is 0. The van der Waals surface area contributed by atoms with Crippen LogP contribution >= 0.6 is 0 Å². The minimum atomic E-state index is -0.519. The quantitative estimate of drug-likeness (QED) is 0.376. The summed E-state index contributed by atoms with van der Waals surface area (Å²) in [6.07, 6.45) is 6.01. The third kappa shape index (κ3) is 5.16. The van der Waals surface area contributed by atoms with Crippen molar-refractivity contribution in [2.45, 2.75) is 39.0 Å². The van der Waals surface area contributed by atoms with Crippen LogP contribution < -0.4 is 0 Å². The van der Waals surface area contributed by atoms with Gasteiger partial charge in [-0.2, -0.15) is 0 Å². The molecule has 0 saturated heterocycles. The second kappa shape index (κ2) is 9.45. The summed E-state index contributed by atoms with van der Waals surface area (Å²) in [5.41, 5.74) is 4.05. The molecular weight excluding hydrogens is 350 g/mol. The standard InChI is InChI=1S/C26H26F2/c1-3-7-20-10-12-21(13-11-20)14-15-24-25(27)17-22(18-26(24)28)16-19(2)23-8-5-4-6-9-23/h4-6,8-15,17-19H,3,7,16H2,1-2H3/b15-14+. The van der Waals surface area contributed by atoms with Crippen molar-refractivity contribution in [1.82, 2.24) is 0 Å². The van der Waals surface area contributed by atoms with E-state index in [0.29, 0.717) is 12.0 Å². The van der Waals surface area contributed by atoms with Gasteiger partial charge < -0.3 is 0 Å². The maximum atomic E-state index is 14.5. The highest BCUT2D eigenvalue weighted by Gasteiger charge is 2.12. The Labute approximate surface area is 166 Å². The number of benzene rings is 3. The fraction of sp³-hybridized carbons (Fsp3) is 0.231. The topological polar surface area (TPSA) is 0 Å². The third-order valence-electron chi connectivity index (χ3n) is 5.01. The van der Waals surface area contributed by atoms with Crippen LogP contribution in [0.25, 0.3) is 12.2 Å². The summed E-state index contributed by atoms with van der Waals surface area (Å²) in [4.78, 5) is 0. The van der Waals surface area contributed by atoms with E-state index in [-0.39, 0.29) is 11.5 Å². The Bertz CT molecular complexity index is 901. The number of halogens is 2. The first-order valence-electron chi connectivity index (χ1n) is 9.86. The summed E-state index contributed by atoms with van der Waals surface area (Å²) in [5, 5.41) is 0. The molecule has 0 aliphatic carbocycles. The number of hydrogen-bond donors (Lipinski definition) is 0. The average Bonchev–Trinajstić information content (AvgIpc) is 2.69. The van der Waals surface area contributed by atoms with E-state index in [9.17, 15) is 8.78 Å². The largest absolute Gasteiger partial charge is 0.206 e. The van der Waals surface area contributed by atoms with Crippen LogP contribution in [0.1, 0.15) is 54.0 Å². The van der Waals surface area contributed by atoms with E-state index in [4.69, 9.17) is 0 Å². The predicted molar refractivity (Wildman–Crippen MR) is 114 cm³/mol. The molecule has 1 atom stereocenters. The Morgan fingerprint density at radius 1 is 0.821 bits per heavy atom. The van der Waals surface area contributed by atoms with Gasteiger partial charge in [-0.1, -0.05) is 80.9 Å². The van der Waals surface area contributed by atoms with Gasteiger partial charge in [-0.3, -0.25) is 0 Å². The molecule has 3 rings (SSSR count). The van der Waals surface area contributed by atoms with Gasteiger partial charge in [0.05, 0.1) is 0 Å². The van der Waals surface area contributed by atoms with Crippen molar-refractivity contribution in [2.24, 2.45) is 0 Å². The molecule has 2 heteroatoms. The van der Waals surface area contributed by atoms with Gasteiger partial charge in [0.25, 0.3) is 0 Å². The fourth-order valence-corrected chi connectivity index (χ4v) is 3.43. The monoisotopic (exact) mass is 376 g/mol. The van der Waals surface area contributed by atoms with E-state index in [1.807, 2.05) is 42.5 Å². The van der Waals surface area contributed by atoms with Gasteiger partial charge in [0, 0.05) is 5.56 Å². The van der Waals surface area contributed by atoms with Crippen molar-refractivity contribution in [2.75, 3.05) is 0 Å². The Morgan fingerprint density at radius 2 is 1.46 bits per heavy atom. The molecule has 0 aliphatic rings. The van der Waals surface area contributed by atoms with Crippen molar-refractivity contribution >= 4 is 12.2 Å². The maximum Gasteiger partial charge on any atom is 0.133 e. The van der Waals surface area contributed by atoms with E-state index >= 15 is 0 Å². The van der Waals surface area contributed by atoms with E-state index in [2.05, 4.69) is 26.0 Å². The van der Waals surface area contributed by atoms with Gasteiger partial charge in [-0.05, 0) is 59.2 Å². The van der Waals surface area contributed by atoms with Crippen LogP contribution in [-0.4, -0.2) is 0 Å². The van der Waals surface area contributed by atoms with Crippen LogP contribution in [0.4, 0.5) is 8.78 Å². The zero-order chi connectivity index (χ0) is 19.9.